The van der Waals surface area contributed by atoms with Crippen molar-refractivity contribution in [2.45, 2.75) is 44.6 Å². The molecular weight excluding hydrogens is 196 g/mol. The van der Waals surface area contributed by atoms with Crippen molar-refractivity contribution in [1.82, 2.24) is 0 Å². The van der Waals surface area contributed by atoms with Crippen LogP contribution in [0.2, 0.25) is 0 Å². The van der Waals surface area contributed by atoms with E-state index in [0.717, 1.165) is 11.7 Å². The lowest BCUT2D eigenvalue weighted by Crippen LogP contribution is -2.35. The van der Waals surface area contributed by atoms with Crippen molar-refractivity contribution in [3.05, 3.63) is 23.8 Å². The molecule has 0 saturated heterocycles. The number of hydrogen-bond donors (Lipinski definition) is 1. The molecule has 0 radical (unpaired) electrons. The first-order valence-electron chi connectivity index (χ1n) is 6.49. The van der Waals surface area contributed by atoms with Crippen molar-refractivity contribution in [3.63, 3.8) is 0 Å². The minimum atomic E-state index is 0.790. The average molecular weight is 216 g/mol. The number of nitrogens with two attached hydrogens (primary N) is 1. The van der Waals surface area contributed by atoms with E-state index in [-0.39, 0.29) is 0 Å². The third kappa shape index (κ3) is 1.66. The molecule has 0 aromatic heterocycles. The van der Waals surface area contributed by atoms with Gasteiger partial charge in [-0.15, -0.1) is 0 Å². The van der Waals surface area contributed by atoms with Gasteiger partial charge in [-0.25, -0.2) is 0 Å². The SMILES string of the molecule is Nc1ccc2c(c1)CCN2C1CCCCC1. The van der Waals surface area contributed by atoms with Crippen LogP contribution in [0.15, 0.2) is 18.2 Å². The molecule has 0 spiro atoms. The van der Waals surface area contributed by atoms with Gasteiger partial charge in [-0.3, -0.25) is 0 Å². The molecule has 0 bridgehead atoms. The zero-order valence-corrected chi connectivity index (χ0v) is 9.78. The number of rotatable bonds is 1. The fraction of sp³-hybridized carbons (Fsp3) is 0.571. The van der Waals surface area contributed by atoms with Crippen molar-refractivity contribution >= 4 is 11.4 Å². The molecule has 2 heteroatoms. The van der Waals surface area contributed by atoms with Crippen LogP contribution < -0.4 is 10.6 Å². The minimum Gasteiger partial charge on any atom is -0.399 e. The first-order valence-corrected chi connectivity index (χ1v) is 6.49. The van der Waals surface area contributed by atoms with Gasteiger partial charge in [0.2, 0.25) is 0 Å². The van der Waals surface area contributed by atoms with Crippen molar-refractivity contribution in [2.24, 2.45) is 0 Å². The molecule has 1 saturated carbocycles. The van der Waals surface area contributed by atoms with Crippen LogP contribution in [0.1, 0.15) is 37.7 Å². The molecule has 2 nitrogen and oxygen atoms in total. The van der Waals surface area contributed by atoms with Crippen molar-refractivity contribution in [3.8, 4) is 0 Å². The number of benzene rings is 1. The molecule has 16 heavy (non-hydrogen) atoms. The summed E-state index contributed by atoms with van der Waals surface area (Å²) in [6.07, 6.45) is 8.18. The van der Waals surface area contributed by atoms with Gasteiger partial charge in [-0.1, -0.05) is 19.3 Å². The van der Waals surface area contributed by atoms with Crippen LogP contribution in [-0.2, 0) is 6.42 Å². The smallest absolute Gasteiger partial charge is 0.0403 e. The molecule has 1 heterocycles. The lowest BCUT2D eigenvalue weighted by Gasteiger charge is -2.33. The van der Waals surface area contributed by atoms with Crippen molar-refractivity contribution in [2.75, 3.05) is 17.2 Å². The molecule has 86 valence electrons. The maximum atomic E-state index is 5.84. The maximum absolute atomic E-state index is 5.84. The Balaban J connectivity index is 1.84. The highest BCUT2D eigenvalue weighted by Gasteiger charge is 2.26. The fourth-order valence-corrected chi connectivity index (χ4v) is 3.22. The highest BCUT2D eigenvalue weighted by atomic mass is 15.2. The Morgan fingerprint density at radius 1 is 1.12 bits per heavy atom. The van der Waals surface area contributed by atoms with Crippen molar-refractivity contribution in [1.29, 1.82) is 0 Å². The van der Waals surface area contributed by atoms with Crippen LogP contribution in [0.4, 0.5) is 11.4 Å². The third-order valence-electron chi connectivity index (χ3n) is 4.05. The lowest BCUT2D eigenvalue weighted by atomic mass is 9.94. The molecular formula is C14H20N2. The lowest BCUT2D eigenvalue weighted by molar-refractivity contribution is 0.420. The summed E-state index contributed by atoms with van der Waals surface area (Å²) in [6.45, 7) is 1.20. The van der Waals surface area contributed by atoms with Gasteiger partial charge in [0.15, 0.2) is 0 Å². The van der Waals surface area contributed by atoms with Gasteiger partial charge in [-0.05, 0) is 43.0 Å². The van der Waals surface area contributed by atoms with Gasteiger partial charge in [-0.2, -0.15) is 0 Å². The van der Waals surface area contributed by atoms with Gasteiger partial charge in [0.25, 0.3) is 0 Å². The molecule has 0 atom stereocenters. The van der Waals surface area contributed by atoms with E-state index in [9.17, 15) is 0 Å². The summed E-state index contributed by atoms with van der Waals surface area (Å²) >= 11 is 0. The zero-order chi connectivity index (χ0) is 11.0. The Kier molecular flexibility index (Phi) is 2.50. The molecule has 1 aliphatic carbocycles. The van der Waals surface area contributed by atoms with E-state index in [0.29, 0.717) is 0 Å². The summed E-state index contributed by atoms with van der Waals surface area (Å²) in [7, 11) is 0. The van der Waals surface area contributed by atoms with Gasteiger partial charge >= 0.3 is 0 Å². The van der Waals surface area contributed by atoms with E-state index in [2.05, 4.69) is 17.0 Å². The zero-order valence-electron chi connectivity index (χ0n) is 9.78. The third-order valence-corrected chi connectivity index (χ3v) is 4.05. The molecule has 0 unspecified atom stereocenters. The molecule has 3 rings (SSSR count). The van der Waals surface area contributed by atoms with E-state index in [1.165, 1.54) is 56.3 Å². The quantitative estimate of drug-likeness (QED) is 0.731. The Morgan fingerprint density at radius 2 is 1.94 bits per heavy atom. The van der Waals surface area contributed by atoms with E-state index >= 15 is 0 Å². The first kappa shape index (κ1) is 10.0. The Labute approximate surface area is 97.4 Å². The molecule has 1 aliphatic heterocycles. The highest BCUT2D eigenvalue weighted by Crippen LogP contribution is 2.35. The normalized spacial score (nSPS) is 21.1. The predicted octanol–water partition coefficient (Wildman–Crippen LogP) is 2.96. The van der Waals surface area contributed by atoms with Crippen LogP contribution in [-0.4, -0.2) is 12.6 Å². The second-order valence-corrected chi connectivity index (χ2v) is 5.12. The number of fused-ring (bicyclic) bond motifs is 1. The molecule has 2 aliphatic rings. The van der Waals surface area contributed by atoms with Crippen LogP contribution in [0.25, 0.3) is 0 Å². The number of nitrogen functional groups attached to an aromatic ring is 1. The molecule has 0 amide bonds. The summed E-state index contributed by atoms with van der Waals surface area (Å²) in [4.78, 5) is 2.62. The molecule has 1 aromatic carbocycles. The van der Waals surface area contributed by atoms with Crippen LogP contribution in [0.3, 0.4) is 0 Å². The number of hydrogen-bond acceptors (Lipinski definition) is 2. The monoisotopic (exact) mass is 216 g/mol. The van der Waals surface area contributed by atoms with Crippen LogP contribution >= 0.6 is 0 Å². The highest BCUT2D eigenvalue weighted by molar-refractivity contribution is 5.63. The van der Waals surface area contributed by atoms with Crippen LogP contribution in [0.5, 0.6) is 0 Å². The Morgan fingerprint density at radius 3 is 2.75 bits per heavy atom. The largest absolute Gasteiger partial charge is 0.399 e. The molecule has 1 fully saturated rings. The van der Waals surface area contributed by atoms with Gasteiger partial charge in [0, 0.05) is 24.0 Å². The Hall–Kier alpha value is -1.18. The van der Waals surface area contributed by atoms with Crippen molar-refractivity contribution < 1.29 is 0 Å². The summed E-state index contributed by atoms with van der Waals surface area (Å²) in [5, 5.41) is 0. The molecule has 2 N–H and O–H groups in total. The fourth-order valence-electron chi connectivity index (χ4n) is 3.22. The number of anilines is 2. The first-order chi connectivity index (χ1) is 7.84. The molecule has 1 aromatic rings. The Bertz CT molecular complexity index is 380. The predicted molar refractivity (Wildman–Crippen MR) is 68.8 cm³/mol. The topological polar surface area (TPSA) is 29.3 Å². The van der Waals surface area contributed by atoms with Gasteiger partial charge in [0.1, 0.15) is 0 Å². The van der Waals surface area contributed by atoms with E-state index in [4.69, 9.17) is 5.73 Å². The van der Waals surface area contributed by atoms with Gasteiger partial charge < -0.3 is 10.6 Å². The van der Waals surface area contributed by atoms with E-state index < -0.39 is 0 Å². The second kappa shape index (κ2) is 4.00. The average Bonchev–Trinajstić information content (AvgIpc) is 2.73. The van der Waals surface area contributed by atoms with Gasteiger partial charge in [0.05, 0.1) is 0 Å². The summed E-state index contributed by atoms with van der Waals surface area (Å²) in [5.74, 6) is 0. The minimum absolute atomic E-state index is 0.790. The standard InChI is InChI=1S/C14H20N2/c15-12-6-7-14-11(10-12)8-9-16(14)13-4-2-1-3-5-13/h6-7,10,13H,1-5,8-9,15H2. The van der Waals surface area contributed by atoms with Crippen LogP contribution in [0, 0.1) is 0 Å². The van der Waals surface area contributed by atoms with E-state index in [1.807, 2.05) is 6.07 Å². The summed E-state index contributed by atoms with van der Waals surface area (Å²) in [6, 6.07) is 7.20. The second-order valence-electron chi connectivity index (χ2n) is 5.12. The van der Waals surface area contributed by atoms with E-state index in [1.54, 1.807) is 0 Å². The summed E-state index contributed by atoms with van der Waals surface area (Å²) < 4.78 is 0. The maximum Gasteiger partial charge on any atom is 0.0403 e. The number of nitrogens with zero attached hydrogens (tertiary/aromatic N) is 1. The summed E-state index contributed by atoms with van der Waals surface area (Å²) in [5.41, 5.74) is 9.64.